The summed E-state index contributed by atoms with van der Waals surface area (Å²) < 4.78 is 4.67. The normalized spacial score (nSPS) is 12.1. The van der Waals surface area contributed by atoms with Crippen LogP contribution in [-0.2, 0) is 23.9 Å². The average Bonchev–Trinajstić information content (AvgIpc) is 2.20. The molecule has 0 fully saturated rings. The van der Waals surface area contributed by atoms with E-state index in [-0.39, 0.29) is 18.6 Å². The van der Waals surface area contributed by atoms with E-state index in [9.17, 15) is 19.2 Å². The molecule has 1 atom stereocenters. The second-order valence-corrected chi connectivity index (χ2v) is 2.95. The van der Waals surface area contributed by atoms with E-state index in [1.54, 1.807) is 0 Å². The molecule has 0 aromatic rings. The number of carboxylic acids is 1. The molecular weight excluding hydrogens is 216 g/mol. The Morgan fingerprint density at radius 1 is 1.31 bits per heavy atom. The number of carbonyl (C=O) groups excluding carboxylic acids is 3. The van der Waals surface area contributed by atoms with Gasteiger partial charge in [-0.05, 0) is 13.3 Å². The fourth-order valence-electron chi connectivity index (χ4n) is 0.883. The van der Waals surface area contributed by atoms with Crippen molar-refractivity contribution in [3.05, 3.63) is 12.2 Å². The van der Waals surface area contributed by atoms with Gasteiger partial charge in [0.15, 0.2) is 11.9 Å². The molecule has 1 N–H and O–H groups in total. The molecule has 88 valence electrons. The van der Waals surface area contributed by atoms with E-state index in [1.807, 2.05) is 0 Å². The van der Waals surface area contributed by atoms with Gasteiger partial charge in [0.05, 0.1) is 0 Å². The van der Waals surface area contributed by atoms with E-state index in [1.165, 1.54) is 6.92 Å². The largest absolute Gasteiger partial charge is 0.478 e. The van der Waals surface area contributed by atoms with Crippen molar-refractivity contribution < 1.29 is 29.0 Å². The highest BCUT2D eigenvalue weighted by Gasteiger charge is 2.17. The molecule has 1 unspecified atom stereocenters. The van der Waals surface area contributed by atoms with Gasteiger partial charge in [-0.25, -0.2) is 9.59 Å². The van der Waals surface area contributed by atoms with Crippen molar-refractivity contribution in [2.75, 3.05) is 0 Å². The van der Waals surface area contributed by atoms with E-state index >= 15 is 0 Å². The van der Waals surface area contributed by atoms with Crippen LogP contribution in [0.4, 0.5) is 0 Å². The number of carboxylic acid groups (broad SMARTS) is 1. The van der Waals surface area contributed by atoms with Crippen LogP contribution in [0.15, 0.2) is 12.2 Å². The minimum atomic E-state index is -1.29. The minimum absolute atomic E-state index is 0.0974. The number of esters is 1. The lowest BCUT2D eigenvalue weighted by atomic mass is 10.1. The molecule has 16 heavy (non-hydrogen) atoms. The van der Waals surface area contributed by atoms with E-state index in [0.29, 0.717) is 18.4 Å². The number of rotatable bonds is 7. The van der Waals surface area contributed by atoms with Gasteiger partial charge < -0.3 is 14.6 Å². The van der Waals surface area contributed by atoms with Crippen LogP contribution >= 0.6 is 0 Å². The maximum Gasteiger partial charge on any atom is 0.331 e. The van der Waals surface area contributed by atoms with Crippen LogP contribution in [-0.4, -0.2) is 35.2 Å². The molecule has 0 bridgehead atoms. The molecule has 0 heterocycles. The summed E-state index contributed by atoms with van der Waals surface area (Å²) in [5.41, 5.74) is 0. The van der Waals surface area contributed by atoms with Gasteiger partial charge in [-0.2, -0.15) is 0 Å². The second kappa shape index (κ2) is 7.33. The van der Waals surface area contributed by atoms with Crippen molar-refractivity contribution in [1.29, 1.82) is 0 Å². The fourth-order valence-corrected chi connectivity index (χ4v) is 0.883. The molecule has 0 saturated heterocycles. The van der Waals surface area contributed by atoms with Gasteiger partial charge in [0, 0.05) is 18.6 Å². The summed E-state index contributed by atoms with van der Waals surface area (Å²) in [7, 11) is 0. The van der Waals surface area contributed by atoms with Crippen LogP contribution in [0.2, 0.25) is 0 Å². The van der Waals surface area contributed by atoms with Gasteiger partial charge in [0.25, 0.3) is 0 Å². The predicted octanol–water partition coefficient (Wildman–Crippen LogP) is 0.107. The summed E-state index contributed by atoms with van der Waals surface area (Å²) in [4.78, 5) is 42.2. The first-order valence-corrected chi connectivity index (χ1v) is 4.53. The number of ether oxygens (including phenoxy) is 1. The number of aliphatic carboxylic acids is 1. The number of carbonyl (C=O) groups is 4. The number of aldehydes is 1. The molecule has 6 heteroatoms. The zero-order chi connectivity index (χ0) is 12.6. The first-order chi connectivity index (χ1) is 7.47. The molecular formula is C10H12O6. The van der Waals surface area contributed by atoms with Crippen LogP contribution in [0.3, 0.4) is 0 Å². The summed E-state index contributed by atoms with van der Waals surface area (Å²) in [5.74, 6) is -2.60. The van der Waals surface area contributed by atoms with Crippen molar-refractivity contribution >= 4 is 24.0 Å². The molecule has 0 aliphatic carbocycles. The average molecular weight is 228 g/mol. The Bertz CT molecular complexity index is 317. The van der Waals surface area contributed by atoms with Gasteiger partial charge in [0.2, 0.25) is 0 Å². The number of hydrogen-bond donors (Lipinski definition) is 1. The molecule has 0 amide bonds. The summed E-state index contributed by atoms with van der Waals surface area (Å²) in [6.45, 7) is 1.23. The van der Waals surface area contributed by atoms with Crippen molar-refractivity contribution in [2.45, 2.75) is 25.9 Å². The highest BCUT2D eigenvalue weighted by Crippen LogP contribution is 2.03. The van der Waals surface area contributed by atoms with Crippen LogP contribution in [0.25, 0.3) is 0 Å². The molecule has 0 rings (SSSR count). The SMILES string of the molecule is CC(=O)C(CCC=O)OC(=O)C=CC(=O)O. The van der Waals surface area contributed by atoms with Gasteiger partial charge in [-0.3, -0.25) is 4.79 Å². The maximum atomic E-state index is 11.0. The smallest absolute Gasteiger partial charge is 0.331 e. The Morgan fingerprint density at radius 2 is 1.94 bits per heavy atom. The van der Waals surface area contributed by atoms with Crippen molar-refractivity contribution in [1.82, 2.24) is 0 Å². The Hall–Kier alpha value is -1.98. The quantitative estimate of drug-likeness (QED) is 0.377. The van der Waals surface area contributed by atoms with Crippen LogP contribution in [0.1, 0.15) is 19.8 Å². The zero-order valence-corrected chi connectivity index (χ0v) is 8.71. The topological polar surface area (TPSA) is 97.7 Å². The van der Waals surface area contributed by atoms with Crippen molar-refractivity contribution in [2.24, 2.45) is 0 Å². The molecule has 0 aromatic carbocycles. The zero-order valence-electron chi connectivity index (χ0n) is 8.71. The summed E-state index contributed by atoms with van der Waals surface area (Å²) in [6, 6.07) is 0. The molecule has 0 aromatic heterocycles. The Morgan fingerprint density at radius 3 is 2.38 bits per heavy atom. The molecule has 0 radical (unpaired) electrons. The lowest BCUT2D eigenvalue weighted by Gasteiger charge is -2.11. The molecule has 0 saturated carbocycles. The molecule has 6 nitrogen and oxygen atoms in total. The van der Waals surface area contributed by atoms with Gasteiger partial charge in [0.1, 0.15) is 6.29 Å². The minimum Gasteiger partial charge on any atom is -0.478 e. The monoisotopic (exact) mass is 228 g/mol. The van der Waals surface area contributed by atoms with E-state index in [2.05, 4.69) is 4.74 Å². The lowest BCUT2D eigenvalue weighted by molar-refractivity contribution is -0.150. The Balaban J connectivity index is 4.28. The van der Waals surface area contributed by atoms with Gasteiger partial charge >= 0.3 is 11.9 Å². The summed E-state index contributed by atoms with van der Waals surface area (Å²) in [6.07, 6.45) is 1.12. The second-order valence-electron chi connectivity index (χ2n) is 2.95. The third kappa shape index (κ3) is 6.47. The maximum absolute atomic E-state index is 11.0. The molecule has 0 aliphatic rings. The third-order valence-corrected chi connectivity index (χ3v) is 1.62. The lowest BCUT2D eigenvalue weighted by Crippen LogP contribution is -2.24. The van der Waals surface area contributed by atoms with Gasteiger partial charge in [-0.15, -0.1) is 0 Å². The van der Waals surface area contributed by atoms with E-state index < -0.39 is 18.0 Å². The van der Waals surface area contributed by atoms with Crippen LogP contribution in [0.5, 0.6) is 0 Å². The number of Topliss-reactive ketones (excluding diaryl/α,β-unsaturated/α-hetero) is 1. The predicted molar refractivity (Wildman–Crippen MR) is 52.6 cm³/mol. The van der Waals surface area contributed by atoms with E-state index in [4.69, 9.17) is 5.11 Å². The summed E-state index contributed by atoms with van der Waals surface area (Å²) >= 11 is 0. The third-order valence-electron chi connectivity index (χ3n) is 1.62. The fraction of sp³-hybridized carbons (Fsp3) is 0.400. The highest BCUT2D eigenvalue weighted by molar-refractivity contribution is 5.92. The Kier molecular flexibility index (Phi) is 6.42. The van der Waals surface area contributed by atoms with Crippen LogP contribution in [0, 0.1) is 0 Å². The summed E-state index contributed by atoms with van der Waals surface area (Å²) in [5, 5.41) is 8.24. The highest BCUT2D eigenvalue weighted by atomic mass is 16.5. The van der Waals surface area contributed by atoms with Crippen molar-refractivity contribution in [3.63, 3.8) is 0 Å². The van der Waals surface area contributed by atoms with Crippen molar-refractivity contribution in [3.8, 4) is 0 Å². The first-order valence-electron chi connectivity index (χ1n) is 4.53. The van der Waals surface area contributed by atoms with E-state index in [0.717, 1.165) is 0 Å². The molecule has 0 spiro atoms. The standard InChI is InChI=1S/C10H12O6/c1-7(12)8(3-2-6-11)16-10(15)5-4-9(13)14/h4-6,8H,2-3H2,1H3,(H,13,14). The van der Waals surface area contributed by atoms with Gasteiger partial charge in [-0.1, -0.05) is 0 Å². The number of ketones is 1. The first kappa shape index (κ1) is 14.0. The Labute approximate surface area is 91.9 Å². The van der Waals surface area contributed by atoms with Crippen LogP contribution < -0.4 is 0 Å². The molecule has 0 aliphatic heterocycles. The number of hydrogen-bond acceptors (Lipinski definition) is 5.